The summed E-state index contributed by atoms with van der Waals surface area (Å²) in [4.78, 5) is 12.2. The van der Waals surface area contributed by atoms with Gasteiger partial charge < -0.3 is 4.74 Å². The van der Waals surface area contributed by atoms with Gasteiger partial charge in [-0.15, -0.1) is 0 Å². The number of aryl methyl sites for hydroxylation is 1. The largest absolute Gasteiger partial charge is 0.443 e. The van der Waals surface area contributed by atoms with E-state index in [1.54, 1.807) is 45.0 Å². The van der Waals surface area contributed by atoms with Crippen LogP contribution >= 0.6 is 0 Å². The number of hydrogen-bond donors (Lipinski definition) is 0. The van der Waals surface area contributed by atoms with E-state index in [0.717, 1.165) is 11.8 Å². The van der Waals surface area contributed by atoms with Crippen LogP contribution in [-0.4, -0.2) is 30.9 Å². The van der Waals surface area contributed by atoms with Crippen molar-refractivity contribution >= 4 is 22.3 Å². The third kappa shape index (κ3) is 4.55. The molecule has 7 heteroatoms. The van der Waals surface area contributed by atoms with Crippen LogP contribution in [0.2, 0.25) is 0 Å². The van der Waals surface area contributed by atoms with Crippen LogP contribution in [0.1, 0.15) is 32.0 Å². The van der Waals surface area contributed by atoms with E-state index in [1.807, 2.05) is 6.92 Å². The Labute approximate surface area is 141 Å². The van der Waals surface area contributed by atoms with Gasteiger partial charge in [-0.25, -0.2) is 4.79 Å². The highest BCUT2D eigenvalue weighted by atomic mass is 32.2. The van der Waals surface area contributed by atoms with Crippen LogP contribution in [0.3, 0.4) is 0 Å². The van der Waals surface area contributed by atoms with Gasteiger partial charge in [-0.1, -0.05) is 17.7 Å². The molecule has 0 saturated carbocycles. The third-order valence-electron chi connectivity index (χ3n) is 3.01. The minimum absolute atomic E-state index is 0.0970. The topological polar surface area (TPSA) is 77.7 Å². The first-order chi connectivity index (χ1) is 11.1. The van der Waals surface area contributed by atoms with Crippen molar-refractivity contribution in [3.8, 4) is 0 Å². The smallest absolute Gasteiger partial charge is 0.419 e. The zero-order valence-electron chi connectivity index (χ0n) is 14.1. The Hall–Kier alpha value is -2.41. The van der Waals surface area contributed by atoms with E-state index in [4.69, 9.17) is 4.74 Å². The van der Waals surface area contributed by atoms with E-state index in [-0.39, 0.29) is 4.90 Å². The summed E-state index contributed by atoms with van der Waals surface area (Å²) in [5.74, 6) is 0. The fourth-order valence-corrected chi connectivity index (χ4v) is 2.72. The summed E-state index contributed by atoms with van der Waals surface area (Å²) in [7, 11) is -3.83. The molecule has 0 saturated heterocycles. The second-order valence-electron chi connectivity index (χ2n) is 6.31. The Bertz CT molecular complexity index is 857. The minimum atomic E-state index is -3.83. The van der Waals surface area contributed by atoms with Crippen LogP contribution in [0.15, 0.2) is 51.9 Å². The number of sulfonamides is 1. The molecule has 1 aromatic heterocycles. The van der Waals surface area contributed by atoms with Crippen LogP contribution in [-0.2, 0) is 14.8 Å². The van der Waals surface area contributed by atoms with Gasteiger partial charge in [0.15, 0.2) is 0 Å². The van der Waals surface area contributed by atoms with E-state index in [0.29, 0.717) is 5.69 Å². The summed E-state index contributed by atoms with van der Waals surface area (Å²) in [5.41, 5.74) is 0.626. The Morgan fingerprint density at radius 1 is 1.17 bits per heavy atom. The molecule has 0 fully saturated rings. The number of hydrogen-bond acceptors (Lipinski definition) is 4. The number of benzene rings is 1. The molecule has 0 N–H and O–H groups in total. The molecule has 0 spiro atoms. The maximum absolute atomic E-state index is 12.2. The summed E-state index contributed by atoms with van der Waals surface area (Å²) in [6.07, 6.45) is 2.04. The molecule has 0 aliphatic rings. The van der Waals surface area contributed by atoms with Gasteiger partial charge in [0.2, 0.25) is 0 Å². The number of aromatic nitrogens is 1. The first kappa shape index (κ1) is 17.9. The molecule has 0 bridgehead atoms. The summed E-state index contributed by atoms with van der Waals surface area (Å²) in [5, 5.41) is 0. The predicted molar refractivity (Wildman–Crippen MR) is 92.0 cm³/mol. The highest BCUT2D eigenvalue weighted by Gasteiger charge is 2.19. The molecule has 1 aromatic carbocycles. The molecule has 128 valence electrons. The third-order valence-corrected chi connectivity index (χ3v) is 4.26. The first-order valence-electron chi connectivity index (χ1n) is 7.36. The molecule has 0 amide bonds. The SMILES string of the molecule is Cc1ccc(S(=O)(=O)/N=C/c2cccn2C(=O)OC(C)(C)C)cc1. The molecule has 2 rings (SSSR count). The molecule has 1 heterocycles. The van der Waals surface area contributed by atoms with Crippen LogP contribution in [0.4, 0.5) is 4.79 Å². The number of nitrogens with zero attached hydrogens (tertiary/aromatic N) is 2. The van der Waals surface area contributed by atoms with Gasteiger partial charge in [0, 0.05) is 6.20 Å². The number of rotatable bonds is 3. The van der Waals surface area contributed by atoms with E-state index < -0.39 is 21.7 Å². The van der Waals surface area contributed by atoms with Crippen molar-refractivity contribution in [2.75, 3.05) is 0 Å². The van der Waals surface area contributed by atoms with Crippen LogP contribution in [0, 0.1) is 6.92 Å². The summed E-state index contributed by atoms with van der Waals surface area (Å²) in [6.45, 7) is 7.13. The molecule has 0 radical (unpaired) electrons. The average Bonchev–Trinajstić information content (AvgIpc) is 2.92. The van der Waals surface area contributed by atoms with Crippen molar-refractivity contribution in [2.24, 2.45) is 4.40 Å². The first-order valence-corrected chi connectivity index (χ1v) is 8.80. The van der Waals surface area contributed by atoms with Crippen molar-refractivity contribution < 1.29 is 17.9 Å². The van der Waals surface area contributed by atoms with Gasteiger partial charge in [0.05, 0.1) is 16.8 Å². The van der Waals surface area contributed by atoms with Crippen molar-refractivity contribution in [1.82, 2.24) is 4.57 Å². The highest BCUT2D eigenvalue weighted by molar-refractivity contribution is 7.90. The van der Waals surface area contributed by atoms with Crippen molar-refractivity contribution in [1.29, 1.82) is 0 Å². The zero-order chi connectivity index (χ0) is 18.0. The lowest BCUT2D eigenvalue weighted by atomic mass is 10.2. The van der Waals surface area contributed by atoms with Crippen molar-refractivity contribution in [3.63, 3.8) is 0 Å². The Kier molecular flexibility index (Phi) is 4.94. The fourth-order valence-electron chi connectivity index (χ4n) is 1.87. The lowest BCUT2D eigenvalue weighted by Gasteiger charge is -2.19. The normalized spacial score (nSPS) is 12.5. The quantitative estimate of drug-likeness (QED) is 0.797. The van der Waals surface area contributed by atoms with Gasteiger partial charge in [-0.3, -0.25) is 4.57 Å². The molecular weight excluding hydrogens is 328 g/mol. The van der Waals surface area contributed by atoms with Crippen molar-refractivity contribution in [3.05, 3.63) is 53.9 Å². The van der Waals surface area contributed by atoms with Crippen molar-refractivity contribution in [2.45, 2.75) is 38.2 Å². The Morgan fingerprint density at radius 2 is 1.79 bits per heavy atom. The fraction of sp³-hybridized carbons (Fsp3) is 0.294. The molecule has 0 aliphatic carbocycles. The van der Waals surface area contributed by atoms with E-state index in [1.165, 1.54) is 22.9 Å². The summed E-state index contributed by atoms with van der Waals surface area (Å²) < 4.78 is 34.6. The van der Waals surface area contributed by atoms with Crippen LogP contribution < -0.4 is 0 Å². The second-order valence-corrected chi connectivity index (χ2v) is 7.94. The van der Waals surface area contributed by atoms with E-state index >= 15 is 0 Å². The Morgan fingerprint density at radius 3 is 2.38 bits per heavy atom. The number of carbonyl (C=O) groups is 1. The maximum atomic E-state index is 12.2. The molecule has 2 aromatic rings. The van der Waals surface area contributed by atoms with Gasteiger partial charge >= 0.3 is 6.09 Å². The summed E-state index contributed by atoms with van der Waals surface area (Å²) >= 11 is 0. The van der Waals surface area contributed by atoms with Crippen LogP contribution in [0.25, 0.3) is 0 Å². The number of ether oxygens (including phenoxy) is 1. The van der Waals surface area contributed by atoms with E-state index in [9.17, 15) is 13.2 Å². The molecule has 0 aliphatic heterocycles. The molecule has 6 nitrogen and oxygen atoms in total. The summed E-state index contributed by atoms with van der Waals surface area (Å²) in [6, 6.07) is 9.59. The minimum Gasteiger partial charge on any atom is -0.443 e. The average molecular weight is 348 g/mol. The van der Waals surface area contributed by atoms with Gasteiger partial charge in [0.1, 0.15) is 5.60 Å². The van der Waals surface area contributed by atoms with E-state index in [2.05, 4.69) is 4.40 Å². The molecule has 0 unspecified atom stereocenters. The molecule has 0 atom stereocenters. The maximum Gasteiger partial charge on any atom is 0.419 e. The van der Waals surface area contributed by atoms with Gasteiger partial charge in [-0.05, 0) is 52.0 Å². The zero-order valence-corrected chi connectivity index (χ0v) is 14.9. The van der Waals surface area contributed by atoms with Gasteiger partial charge in [-0.2, -0.15) is 12.8 Å². The molecule has 24 heavy (non-hydrogen) atoms. The monoisotopic (exact) mass is 348 g/mol. The lowest BCUT2D eigenvalue weighted by molar-refractivity contribution is 0.0537. The molecular formula is C17H20N2O4S. The Balaban J connectivity index is 2.25. The number of carbonyl (C=O) groups excluding carboxylic acids is 1. The predicted octanol–water partition coefficient (Wildman–Crippen LogP) is 3.39. The van der Waals surface area contributed by atoms with Crippen LogP contribution in [0.5, 0.6) is 0 Å². The second kappa shape index (κ2) is 6.60. The lowest BCUT2D eigenvalue weighted by Crippen LogP contribution is -2.27. The standard InChI is InChI=1S/C17H20N2O4S/c1-13-7-9-15(10-8-13)24(21,22)18-12-14-6-5-11-19(14)16(20)23-17(2,3)4/h5-12H,1-4H3/b18-12+. The highest BCUT2D eigenvalue weighted by Crippen LogP contribution is 2.14. The van der Waals surface area contributed by atoms with Gasteiger partial charge in [0.25, 0.3) is 10.0 Å².